The highest BCUT2D eigenvalue weighted by atomic mass is 35.5. The van der Waals surface area contributed by atoms with Crippen molar-refractivity contribution < 1.29 is 4.42 Å². The van der Waals surface area contributed by atoms with Crippen molar-refractivity contribution in [2.75, 3.05) is 0 Å². The Hall–Kier alpha value is -1.45. The lowest BCUT2D eigenvalue weighted by molar-refractivity contribution is 0.524. The van der Waals surface area contributed by atoms with Gasteiger partial charge in [0.05, 0.1) is 12.3 Å². The molecule has 0 saturated carbocycles. The minimum absolute atomic E-state index is 0.468. The van der Waals surface area contributed by atoms with Crippen LogP contribution in [0.5, 0.6) is 0 Å². The maximum Gasteiger partial charge on any atom is 0.149 e. The third-order valence-corrected chi connectivity index (χ3v) is 3.37. The SMILES string of the molecule is C/C(=N\NCc1c(Cl)cccc1Cl)c1ccc(C)o1. The predicted octanol–water partition coefficient (Wildman–Crippen LogP) is 4.41. The van der Waals surface area contributed by atoms with Gasteiger partial charge >= 0.3 is 0 Å². The van der Waals surface area contributed by atoms with Crippen LogP contribution in [0.2, 0.25) is 10.0 Å². The highest BCUT2D eigenvalue weighted by Gasteiger charge is 2.05. The van der Waals surface area contributed by atoms with Crippen LogP contribution >= 0.6 is 23.2 Å². The van der Waals surface area contributed by atoms with Gasteiger partial charge in [-0.1, -0.05) is 29.3 Å². The van der Waals surface area contributed by atoms with E-state index in [-0.39, 0.29) is 0 Å². The number of furan rings is 1. The minimum atomic E-state index is 0.468. The molecule has 0 amide bonds. The third-order valence-electron chi connectivity index (χ3n) is 2.66. The molecule has 0 saturated heterocycles. The summed E-state index contributed by atoms with van der Waals surface area (Å²) in [5, 5.41) is 5.49. The molecule has 0 fully saturated rings. The van der Waals surface area contributed by atoms with Crippen LogP contribution in [-0.4, -0.2) is 5.71 Å². The van der Waals surface area contributed by atoms with Gasteiger partial charge in [0.15, 0.2) is 0 Å². The van der Waals surface area contributed by atoms with Crippen LogP contribution in [-0.2, 0) is 6.54 Å². The summed E-state index contributed by atoms with van der Waals surface area (Å²) < 4.78 is 5.47. The van der Waals surface area contributed by atoms with Crippen LogP contribution in [0, 0.1) is 6.92 Å². The van der Waals surface area contributed by atoms with E-state index in [1.807, 2.05) is 32.0 Å². The molecule has 0 spiro atoms. The van der Waals surface area contributed by atoms with Crippen LogP contribution in [0.3, 0.4) is 0 Å². The molecule has 0 bridgehead atoms. The van der Waals surface area contributed by atoms with Crippen LogP contribution in [0.4, 0.5) is 0 Å². The van der Waals surface area contributed by atoms with Crippen molar-refractivity contribution in [3.8, 4) is 0 Å². The average Bonchev–Trinajstić information content (AvgIpc) is 2.79. The van der Waals surface area contributed by atoms with Gasteiger partial charge < -0.3 is 9.84 Å². The Morgan fingerprint density at radius 2 is 1.89 bits per heavy atom. The van der Waals surface area contributed by atoms with E-state index < -0.39 is 0 Å². The molecule has 0 atom stereocenters. The molecule has 0 aliphatic rings. The van der Waals surface area contributed by atoms with Crippen molar-refractivity contribution in [2.24, 2.45) is 5.10 Å². The number of hydrogen-bond acceptors (Lipinski definition) is 3. The molecule has 0 radical (unpaired) electrons. The van der Waals surface area contributed by atoms with Crippen LogP contribution in [0.15, 0.2) is 39.9 Å². The predicted molar refractivity (Wildman–Crippen MR) is 79.0 cm³/mol. The fourth-order valence-electron chi connectivity index (χ4n) is 1.62. The second-order valence-electron chi connectivity index (χ2n) is 4.14. The molecule has 5 heteroatoms. The highest BCUT2D eigenvalue weighted by Crippen LogP contribution is 2.23. The van der Waals surface area contributed by atoms with Gasteiger partial charge in [-0.2, -0.15) is 5.10 Å². The number of benzene rings is 1. The molecule has 100 valence electrons. The van der Waals surface area contributed by atoms with Crippen molar-refractivity contribution in [1.82, 2.24) is 5.43 Å². The van der Waals surface area contributed by atoms with E-state index in [0.29, 0.717) is 16.6 Å². The van der Waals surface area contributed by atoms with E-state index in [0.717, 1.165) is 22.8 Å². The summed E-state index contributed by atoms with van der Waals surface area (Å²) in [5.74, 6) is 1.61. The van der Waals surface area contributed by atoms with Gasteiger partial charge in [0.2, 0.25) is 0 Å². The Balaban J connectivity index is 2.03. The fraction of sp³-hybridized carbons (Fsp3) is 0.214. The highest BCUT2D eigenvalue weighted by molar-refractivity contribution is 6.35. The van der Waals surface area contributed by atoms with Gasteiger partial charge in [0.25, 0.3) is 0 Å². The molecule has 0 aliphatic heterocycles. The molecule has 1 aromatic heterocycles. The van der Waals surface area contributed by atoms with E-state index in [1.165, 1.54) is 0 Å². The molecule has 1 N–H and O–H groups in total. The molecular formula is C14H14Cl2N2O. The standard InChI is InChI=1S/C14H14Cl2N2O/c1-9-6-7-14(19-9)10(2)18-17-8-11-12(15)4-3-5-13(11)16/h3-7,17H,8H2,1-2H3/b18-10+. The quantitative estimate of drug-likeness (QED) is 0.670. The van der Waals surface area contributed by atoms with Crippen LogP contribution in [0.25, 0.3) is 0 Å². The number of hydrazone groups is 1. The monoisotopic (exact) mass is 296 g/mol. The van der Waals surface area contributed by atoms with Gasteiger partial charge in [-0.3, -0.25) is 0 Å². The summed E-state index contributed by atoms with van der Waals surface area (Å²) in [7, 11) is 0. The van der Waals surface area contributed by atoms with E-state index >= 15 is 0 Å². The molecule has 3 nitrogen and oxygen atoms in total. The maximum atomic E-state index is 6.07. The van der Waals surface area contributed by atoms with Gasteiger partial charge in [0.1, 0.15) is 11.5 Å². The second-order valence-corrected chi connectivity index (χ2v) is 4.96. The zero-order valence-corrected chi connectivity index (χ0v) is 12.2. The molecule has 2 rings (SSSR count). The molecule has 19 heavy (non-hydrogen) atoms. The normalized spacial score (nSPS) is 11.7. The first-order valence-electron chi connectivity index (χ1n) is 5.85. The van der Waals surface area contributed by atoms with Crippen molar-refractivity contribution in [3.63, 3.8) is 0 Å². The Kier molecular flexibility index (Phi) is 4.51. The molecular weight excluding hydrogens is 283 g/mol. The summed E-state index contributed by atoms with van der Waals surface area (Å²) >= 11 is 12.1. The number of nitrogens with one attached hydrogen (secondary N) is 1. The van der Waals surface area contributed by atoms with E-state index in [2.05, 4.69) is 10.5 Å². The Bertz CT molecular complexity index is 585. The lowest BCUT2D eigenvalue weighted by atomic mass is 10.2. The summed E-state index contributed by atoms with van der Waals surface area (Å²) in [5.41, 5.74) is 4.56. The van der Waals surface area contributed by atoms with Gasteiger partial charge in [-0.15, -0.1) is 0 Å². The first-order chi connectivity index (χ1) is 9.08. The van der Waals surface area contributed by atoms with Crippen molar-refractivity contribution in [3.05, 3.63) is 57.5 Å². The van der Waals surface area contributed by atoms with Crippen LogP contribution in [0.1, 0.15) is 24.0 Å². The average molecular weight is 297 g/mol. The maximum absolute atomic E-state index is 6.07. The Morgan fingerprint density at radius 1 is 1.21 bits per heavy atom. The number of nitrogens with zero attached hydrogens (tertiary/aromatic N) is 1. The molecule has 1 heterocycles. The zero-order chi connectivity index (χ0) is 13.8. The first kappa shape index (κ1) is 14.0. The number of aryl methyl sites for hydroxylation is 1. The zero-order valence-electron chi connectivity index (χ0n) is 10.7. The molecule has 0 unspecified atom stereocenters. The van der Waals surface area contributed by atoms with E-state index in [9.17, 15) is 0 Å². The van der Waals surface area contributed by atoms with E-state index in [4.69, 9.17) is 27.6 Å². The number of hydrogen-bond donors (Lipinski definition) is 1. The smallest absolute Gasteiger partial charge is 0.149 e. The largest absolute Gasteiger partial charge is 0.460 e. The Morgan fingerprint density at radius 3 is 2.47 bits per heavy atom. The second kappa shape index (κ2) is 6.13. The minimum Gasteiger partial charge on any atom is -0.460 e. The number of halogens is 2. The van der Waals surface area contributed by atoms with Gasteiger partial charge in [-0.25, -0.2) is 0 Å². The van der Waals surface area contributed by atoms with E-state index in [1.54, 1.807) is 12.1 Å². The van der Waals surface area contributed by atoms with Crippen molar-refractivity contribution >= 4 is 28.9 Å². The van der Waals surface area contributed by atoms with Crippen LogP contribution < -0.4 is 5.43 Å². The fourth-order valence-corrected chi connectivity index (χ4v) is 2.15. The Labute approximate surface area is 122 Å². The molecule has 2 aromatic rings. The molecule has 0 aliphatic carbocycles. The number of rotatable bonds is 4. The summed E-state index contributed by atoms with van der Waals surface area (Å²) in [6.45, 7) is 4.24. The lowest BCUT2D eigenvalue weighted by Gasteiger charge is -2.06. The summed E-state index contributed by atoms with van der Waals surface area (Å²) in [6.07, 6.45) is 0. The summed E-state index contributed by atoms with van der Waals surface area (Å²) in [6, 6.07) is 9.21. The first-order valence-corrected chi connectivity index (χ1v) is 6.60. The van der Waals surface area contributed by atoms with Gasteiger partial charge in [0, 0.05) is 15.6 Å². The molecule has 1 aromatic carbocycles. The third kappa shape index (κ3) is 3.52. The lowest BCUT2D eigenvalue weighted by Crippen LogP contribution is -2.09. The van der Waals surface area contributed by atoms with Crippen molar-refractivity contribution in [2.45, 2.75) is 20.4 Å². The van der Waals surface area contributed by atoms with Crippen molar-refractivity contribution in [1.29, 1.82) is 0 Å². The van der Waals surface area contributed by atoms with Gasteiger partial charge in [-0.05, 0) is 38.1 Å². The topological polar surface area (TPSA) is 37.5 Å². The summed E-state index contributed by atoms with van der Waals surface area (Å²) in [4.78, 5) is 0.